The van der Waals surface area contributed by atoms with E-state index in [0.717, 1.165) is 36.6 Å². The third kappa shape index (κ3) is 3.94. The van der Waals surface area contributed by atoms with Crippen LogP contribution in [0.25, 0.3) is 0 Å². The van der Waals surface area contributed by atoms with Crippen molar-refractivity contribution in [2.75, 3.05) is 26.7 Å². The number of methoxy groups -OCH3 is 1. The summed E-state index contributed by atoms with van der Waals surface area (Å²) in [5.74, 6) is 1.26. The van der Waals surface area contributed by atoms with E-state index in [4.69, 9.17) is 4.74 Å². The third-order valence-electron chi connectivity index (χ3n) is 4.42. The molecular weight excluding hydrogens is 322 g/mol. The second kappa shape index (κ2) is 7.77. The van der Waals surface area contributed by atoms with Gasteiger partial charge in [-0.05, 0) is 50.6 Å². The van der Waals surface area contributed by atoms with Crippen LogP contribution in [0.3, 0.4) is 0 Å². The Hall–Kier alpha value is -1.92. The largest absolute Gasteiger partial charge is 0.497 e. The number of aromatic nitrogens is 1. The summed E-state index contributed by atoms with van der Waals surface area (Å²) in [6.07, 6.45) is 1.11. The van der Waals surface area contributed by atoms with Gasteiger partial charge >= 0.3 is 0 Å². The molecule has 1 saturated heterocycles. The lowest BCUT2D eigenvalue weighted by molar-refractivity contribution is 0.0720. The molecule has 2 aromatic rings. The predicted molar refractivity (Wildman–Crippen MR) is 95.6 cm³/mol. The summed E-state index contributed by atoms with van der Waals surface area (Å²) in [6, 6.07) is 7.38. The topological polar surface area (TPSA) is 54.5 Å². The highest BCUT2D eigenvalue weighted by Gasteiger charge is 2.24. The van der Waals surface area contributed by atoms with Gasteiger partial charge in [0.05, 0.1) is 24.9 Å². The molecule has 3 rings (SSSR count). The molecule has 1 amide bonds. The highest BCUT2D eigenvalue weighted by Crippen LogP contribution is 2.21. The Labute approximate surface area is 146 Å². The third-order valence-corrected chi connectivity index (χ3v) is 5.34. The number of hydrogen-bond acceptors (Lipinski definition) is 5. The Morgan fingerprint density at radius 1 is 1.50 bits per heavy atom. The van der Waals surface area contributed by atoms with Gasteiger partial charge in [0.15, 0.2) is 0 Å². The zero-order chi connectivity index (χ0) is 16.9. The molecule has 0 aliphatic carbocycles. The molecule has 0 bridgehead atoms. The standard InChI is InChI=1S/C18H23N3O2S/c1-13-17(24-12-20-13)11-21(10-14-6-7-19-9-14)18(22)15-4-3-5-16(8-15)23-2/h3-5,8,12,14,19H,6-7,9-11H2,1-2H3/t14-/m1/s1. The lowest BCUT2D eigenvalue weighted by atomic mass is 10.1. The van der Waals surface area contributed by atoms with Crippen molar-refractivity contribution >= 4 is 17.2 Å². The van der Waals surface area contributed by atoms with E-state index in [-0.39, 0.29) is 5.91 Å². The van der Waals surface area contributed by atoms with Crippen molar-refractivity contribution in [1.29, 1.82) is 0 Å². The van der Waals surface area contributed by atoms with Crippen LogP contribution in [0.1, 0.15) is 27.3 Å². The first kappa shape index (κ1) is 16.9. The minimum absolute atomic E-state index is 0.0496. The summed E-state index contributed by atoms with van der Waals surface area (Å²) in [7, 11) is 1.62. The maximum absolute atomic E-state index is 13.1. The summed E-state index contributed by atoms with van der Waals surface area (Å²) in [5.41, 5.74) is 3.52. The molecule has 1 aromatic heterocycles. The van der Waals surface area contributed by atoms with E-state index >= 15 is 0 Å². The van der Waals surface area contributed by atoms with Crippen LogP contribution in [0.2, 0.25) is 0 Å². The van der Waals surface area contributed by atoms with Gasteiger partial charge in [-0.3, -0.25) is 4.79 Å². The SMILES string of the molecule is COc1cccc(C(=O)N(Cc2scnc2C)C[C@@H]2CCNC2)c1. The van der Waals surface area contributed by atoms with Crippen molar-refractivity contribution in [3.8, 4) is 5.75 Å². The molecule has 1 aliphatic rings. The van der Waals surface area contributed by atoms with Crippen molar-refractivity contribution in [3.05, 3.63) is 45.9 Å². The number of ether oxygens (including phenoxy) is 1. The molecule has 0 spiro atoms. The highest BCUT2D eigenvalue weighted by atomic mass is 32.1. The maximum atomic E-state index is 13.1. The fourth-order valence-electron chi connectivity index (χ4n) is 2.99. The zero-order valence-corrected chi connectivity index (χ0v) is 14.9. The van der Waals surface area contributed by atoms with Gasteiger partial charge in [-0.2, -0.15) is 0 Å². The molecule has 6 heteroatoms. The molecule has 1 aliphatic heterocycles. The van der Waals surface area contributed by atoms with Gasteiger partial charge in [0.2, 0.25) is 0 Å². The van der Waals surface area contributed by atoms with E-state index in [1.807, 2.05) is 41.6 Å². The fraction of sp³-hybridized carbons (Fsp3) is 0.444. The van der Waals surface area contributed by atoms with Gasteiger partial charge in [0.1, 0.15) is 5.75 Å². The van der Waals surface area contributed by atoms with Crippen molar-refractivity contribution in [1.82, 2.24) is 15.2 Å². The van der Waals surface area contributed by atoms with Crippen molar-refractivity contribution in [3.63, 3.8) is 0 Å². The minimum atomic E-state index is 0.0496. The molecule has 1 fully saturated rings. The predicted octanol–water partition coefficient (Wildman–Crippen LogP) is 2.71. The lowest BCUT2D eigenvalue weighted by Gasteiger charge is -2.25. The van der Waals surface area contributed by atoms with Crippen LogP contribution >= 0.6 is 11.3 Å². The monoisotopic (exact) mass is 345 g/mol. The van der Waals surface area contributed by atoms with Gasteiger partial charge in [-0.15, -0.1) is 11.3 Å². The van der Waals surface area contributed by atoms with Crippen LogP contribution in [0, 0.1) is 12.8 Å². The number of nitrogens with zero attached hydrogens (tertiary/aromatic N) is 2. The highest BCUT2D eigenvalue weighted by molar-refractivity contribution is 7.09. The number of carbonyl (C=O) groups is 1. The normalized spacial score (nSPS) is 17.0. The van der Waals surface area contributed by atoms with E-state index in [0.29, 0.717) is 23.8 Å². The molecule has 0 radical (unpaired) electrons. The van der Waals surface area contributed by atoms with Crippen molar-refractivity contribution in [2.24, 2.45) is 5.92 Å². The summed E-state index contributed by atoms with van der Waals surface area (Å²) >= 11 is 1.61. The smallest absolute Gasteiger partial charge is 0.254 e. The summed E-state index contributed by atoms with van der Waals surface area (Å²) in [6.45, 7) is 5.38. The second-order valence-electron chi connectivity index (χ2n) is 6.14. The van der Waals surface area contributed by atoms with E-state index in [1.165, 1.54) is 0 Å². The number of aryl methyl sites for hydroxylation is 1. The van der Waals surface area contributed by atoms with Gasteiger partial charge < -0.3 is 15.0 Å². The second-order valence-corrected chi connectivity index (χ2v) is 7.08. The molecule has 1 N–H and O–H groups in total. The molecule has 0 saturated carbocycles. The molecule has 2 heterocycles. The zero-order valence-electron chi connectivity index (χ0n) is 14.1. The van der Waals surface area contributed by atoms with Gasteiger partial charge in [-0.25, -0.2) is 4.98 Å². The van der Waals surface area contributed by atoms with Crippen LogP contribution in [0.4, 0.5) is 0 Å². The number of nitrogens with one attached hydrogen (secondary N) is 1. The van der Waals surface area contributed by atoms with E-state index in [2.05, 4.69) is 10.3 Å². The summed E-state index contributed by atoms with van der Waals surface area (Å²) < 4.78 is 5.25. The van der Waals surface area contributed by atoms with E-state index < -0.39 is 0 Å². The Morgan fingerprint density at radius 2 is 2.38 bits per heavy atom. The van der Waals surface area contributed by atoms with Crippen LogP contribution in [-0.2, 0) is 6.54 Å². The first-order chi connectivity index (χ1) is 11.7. The first-order valence-corrected chi connectivity index (χ1v) is 9.08. The first-order valence-electron chi connectivity index (χ1n) is 8.20. The average molecular weight is 345 g/mol. The Balaban J connectivity index is 1.81. The molecule has 1 atom stereocenters. The van der Waals surface area contributed by atoms with Crippen molar-refractivity contribution < 1.29 is 9.53 Å². The fourth-order valence-corrected chi connectivity index (χ4v) is 3.78. The Morgan fingerprint density at radius 3 is 3.04 bits per heavy atom. The Bertz CT molecular complexity index is 695. The summed E-state index contributed by atoms with van der Waals surface area (Å²) in [5, 5.41) is 3.38. The molecule has 1 aromatic carbocycles. The molecule has 5 nitrogen and oxygen atoms in total. The van der Waals surface area contributed by atoms with Gasteiger partial charge in [-0.1, -0.05) is 6.07 Å². The Kier molecular flexibility index (Phi) is 5.48. The number of rotatable bonds is 6. The van der Waals surface area contributed by atoms with Crippen molar-refractivity contribution in [2.45, 2.75) is 19.9 Å². The molecular formula is C18H23N3O2S. The number of benzene rings is 1. The lowest BCUT2D eigenvalue weighted by Crippen LogP contribution is -2.35. The minimum Gasteiger partial charge on any atom is -0.497 e. The number of hydrogen-bond donors (Lipinski definition) is 1. The molecule has 0 unspecified atom stereocenters. The number of thiazole rings is 1. The quantitative estimate of drug-likeness (QED) is 0.875. The molecule has 24 heavy (non-hydrogen) atoms. The van der Waals surface area contributed by atoms with Gasteiger partial charge in [0.25, 0.3) is 5.91 Å². The van der Waals surface area contributed by atoms with E-state index in [9.17, 15) is 4.79 Å². The number of carbonyl (C=O) groups excluding carboxylic acids is 1. The average Bonchev–Trinajstić information content (AvgIpc) is 3.26. The van der Waals surface area contributed by atoms with E-state index in [1.54, 1.807) is 18.4 Å². The van der Waals surface area contributed by atoms with Crippen LogP contribution in [0.5, 0.6) is 5.75 Å². The van der Waals surface area contributed by atoms with Crippen LogP contribution in [0.15, 0.2) is 29.8 Å². The molecule has 128 valence electrons. The maximum Gasteiger partial charge on any atom is 0.254 e. The van der Waals surface area contributed by atoms with Gasteiger partial charge in [0, 0.05) is 17.0 Å². The number of amides is 1. The summed E-state index contributed by atoms with van der Waals surface area (Å²) in [4.78, 5) is 20.5. The van der Waals surface area contributed by atoms with Crippen LogP contribution in [-0.4, -0.2) is 42.5 Å². The van der Waals surface area contributed by atoms with Crippen LogP contribution < -0.4 is 10.1 Å².